The second kappa shape index (κ2) is 5.45. The quantitative estimate of drug-likeness (QED) is 0.797. The lowest BCUT2D eigenvalue weighted by Gasteiger charge is -2.13. The van der Waals surface area contributed by atoms with E-state index in [4.69, 9.17) is 0 Å². The molecule has 0 unspecified atom stereocenters. The zero-order valence-electron chi connectivity index (χ0n) is 11.4. The van der Waals surface area contributed by atoms with Gasteiger partial charge in [0.25, 0.3) is 5.91 Å². The molecule has 0 aliphatic carbocycles. The van der Waals surface area contributed by atoms with E-state index in [0.717, 1.165) is 36.4 Å². The van der Waals surface area contributed by atoms with E-state index in [1.807, 2.05) is 0 Å². The number of anilines is 1. The maximum absolute atomic E-state index is 12.7. The summed E-state index contributed by atoms with van der Waals surface area (Å²) in [5, 5.41) is 12.3. The van der Waals surface area contributed by atoms with Crippen molar-refractivity contribution in [1.29, 1.82) is 0 Å². The number of aromatic amines is 1. The Kier molecular flexibility index (Phi) is 3.61. The van der Waals surface area contributed by atoms with Crippen LogP contribution in [0, 0.1) is 0 Å². The zero-order valence-corrected chi connectivity index (χ0v) is 11.4. The molecule has 3 N–H and O–H groups in total. The highest BCUT2D eigenvalue weighted by atomic mass is 19.4. The minimum Gasteiger partial charge on any atom is -0.321 e. The van der Waals surface area contributed by atoms with Gasteiger partial charge in [-0.25, -0.2) is 0 Å². The molecule has 5 nitrogen and oxygen atoms in total. The molecule has 0 saturated carbocycles. The number of rotatable bonds is 2. The van der Waals surface area contributed by atoms with Gasteiger partial charge in [-0.15, -0.1) is 0 Å². The molecule has 0 fully saturated rings. The summed E-state index contributed by atoms with van der Waals surface area (Å²) in [7, 11) is 0. The molecule has 0 bridgehead atoms. The van der Waals surface area contributed by atoms with Crippen LogP contribution in [0.4, 0.5) is 18.9 Å². The summed E-state index contributed by atoms with van der Waals surface area (Å²) in [6, 6.07) is 4.51. The highest BCUT2D eigenvalue weighted by Gasteiger charge is 2.30. The lowest BCUT2D eigenvalue weighted by atomic mass is 10.1. The van der Waals surface area contributed by atoms with Gasteiger partial charge < -0.3 is 10.6 Å². The number of nitrogens with one attached hydrogen (secondary N) is 3. The lowest BCUT2D eigenvalue weighted by molar-refractivity contribution is -0.137. The third-order valence-corrected chi connectivity index (χ3v) is 3.47. The molecule has 8 heteroatoms. The topological polar surface area (TPSA) is 69.8 Å². The van der Waals surface area contributed by atoms with Gasteiger partial charge in [0.1, 0.15) is 0 Å². The molecule has 2 aromatic rings. The normalized spacial score (nSPS) is 14.5. The number of hydrogen-bond acceptors (Lipinski definition) is 3. The minimum absolute atomic E-state index is 0.0837. The van der Waals surface area contributed by atoms with Crippen LogP contribution in [0.15, 0.2) is 24.3 Å². The number of carbonyl (C=O) groups is 1. The fourth-order valence-electron chi connectivity index (χ4n) is 2.38. The molecular formula is C14H13F3N4O. The van der Waals surface area contributed by atoms with Crippen molar-refractivity contribution in [2.75, 3.05) is 11.9 Å². The molecule has 1 amide bonds. The van der Waals surface area contributed by atoms with E-state index < -0.39 is 17.6 Å². The monoisotopic (exact) mass is 310 g/mol. The third-order valence-electron chi connectivity index (χ3n) is 3.47. The Balaban J connectivity index is 1.82. The number of nitrogens with zero attached hydrogens (tertiary/aromatic N) is 1. The number of H-pyrrole nitrogens is 1. The lowest BCUT2D eigenvalue weighted by Crippen LogP contribution is -2.25. The first-order valence-corrected chi connectivity index (χ1v) is 6.70. The van der Waals surface area contributed by atoms with Crippen molar-refractivity contribution in [2.45, 2.75) is 19.1 Å². The Morgan fingerprint density at radius 2 is 2.14 bits per heavy atom. The van der Waals surface area contributed by atoms with Gasteiger partial charge in [0.2, 0.25) is 0 Å². The second-order valence-corrected chi connectivity index (χ2v) is 4.99. The van der Waals surface area contributed by atoms with E-state index in [2.05, 4.69) is 20.8 Å². The highest BCUT2D eigenvalue weighted by molar-refractivity contribution is 6.04. The van der Waals surface area contributed by atoms with Crippen molar-refractivity contribution >= 4 is 11.6 Å². The predicted octanol–water partition coefficient (Wildman–Crippen LogP) is 2.33. The molecule has 1 aliphatic heterocycles. The van der Waals surface area contributed by atoms with E-state index in [1.54, 1.807) is 0 Å². The summed E-state index contributed by atoms with van der Waals surface area (Å²) in [6.07, 6.45) is -3.71. The van der Waals surface area contributed by atoms with Gasteiger partial charge in [0.15, 0.2) is 5.69 Å². The van der Waals surface area contributed by atoms with Crippen molar-refractivity contribution in [3.8, 4) is 0 Å². The minimum atomic E-state index is -4.45. The Hall–Kier alpha value is -2.35. The van der Waals surface area contributed by atoms with Crippen molar-refractivity contribution in [1.82, 2.24) is 15.5 Å². The van der Waals surface area contributed by atoms with Gasteiger partial charge >= 0.3 is 6.18 Å². The van der Waals surface area contributed by atoms with Gasteiger partial charge in [0.05, 0.1) is 5.56 Å². The van der Waals surface area contributed by atoms with Gasteiger partial charge in [-0.2, -0.15) is 18.3 Å². The molecule has 1 aromatic heterocycles. The molecule has 0 atom stereocenters. The van der Waals surface area contributed by atoms with E-state index in [9.17, 15) is 18.0 Å². The highest BCUT2D eigenvalue weighted by Crippen LogP contribution is 2.30. The van der Waals surface area contributed by atoms with E-state index in [0.29, 0.717) is 6.54 Å². The Labute approximate surface area is 123 Å². The molecule has 2 heterocycles. The number of carbonyl (C=O) groups excluding carboxylic acids is 1. The van der Waals surface area contributed by atoms with Crippen LogP contribution in [-0.4, -0.2) is 22.6 Å². The largest absolute Gasteiger partial charge is 0.416 e. The fourth-order valence-corrected chi connectivity index (χ4v) is 2.38. The number of alkyl halides is 3. The maximum atomic E-state index is 12.7. The summed E-state index contributed by atoms with van der Waals surface area (Å²) < 4.78 is 38.0. The Morgan fingerprint density at radius 3 is 2.91 bits per heavy atom. The first-order chi connectivity index (χ1) is 10.4. The molecule has 22 heavy (non-hydrogen) atoms. The molecule has 0 radical (unpaired) electrons. The summed E-state index contributed by atoms with van der Waals surface area (Å²) in [6.45, 7) is 1.31. The molecule has 1 aromatic carbocycles. The van der Waals surface area contributed by atoms with E-state index in [-0.39, 0.29) is 11.4 Å². The SMILES string of the molecule is O=C(Nc1cccc(C(F)(F)F)c1)c1n[nH]c2c1CNCC2. The van der Waals surface area contributed by atoms with Gasteiger partial charge in [0, 0.05) is 36.5 Å². The Morgan fingerprint density at radius 1 is 1.32 bits per heavy atom. The molecule has 3 rings (SSSR count). The van der Waals surface area contributed by atoms with Crippen LogP contribution in [0.5, 0.6) is 0 Å². The molecule has 0 saturated heterocycles. The predicted molar refractivity (Wildman–Crippen MR) is 73.4 cm³/mol. The second-order valence-electron chi connectivity index (χ2n) is 4.99. The van der Waals surface area contributed by atoms with Crippen molar-refractivity contribution in [3.63, 3.8) is 0 Å². The van der Waals surface area contributed by atoms with Crippen molar-refractivity contribution in [2.24, 2.45) is 0 Å². The summed E-state index contributed by atoms with van der Waals surface area (Å²) in [5.74, 6) is -0.527. The average molecular weight is 310 g/mol. The summed E-state index contributed by atoms with van der Waals surface area (Å²) in [5.41, 5.74) is 1.12. The van der Waals surface area contributed by atoms with Crippen LogP contribution in [0.25, 0.3) is 0 Å². The molecular weight excluding hydrogens is 297 g/mol. The Bertz CT molecular complexity index is 708. The zero-order chi connectivity index (χ0) is 15.7. The van der Waals surface area contributed by atoms with E-state index >= 15 is 0 Å². The van der Waals surface area contributed by atoms with Crippen LogP contribution >= 0.6 is 0 Å². The fraction of sp³-hybridized carbons (Fsp3) is 0.286. The first kappa shape index (κ1) is 14.6. The maximum Gasteiger partial charge on any atom is 0.416 e. The van der Waals surface area contributed by atoms with Gasteiger partial charge in [-0.1, -0.05) is 6.07 Å². The van der Waals surface area contributed by atoms with Gasteiger partial charge in [-0.05, 0) is 18.2 Å². The summed E-state index contributed by atoms with van der Waals surface area (Å²) in [4.78, 5) is 12.2. The number of halogens is 3. The van der Waals surface area contributed by atoms with Gasteiger partial charge in [-0.3, -0.25) is 9.89 Å². The number of aromatic nitrogens is 2. The number of hydrogen-bond donors (Lipinski definition) is 3. The molecule has 0 spiro atoms. The standard InChI is InChI=1S/C14H13F3N4O/c15-14(16,17)8-2-1-3-9(6-8)19-13(22)12-10-7-18-5-4-11(10)20-21-12/h1-3,6,18H,4-5,7H2,(H,19,22)(H,20,21). The third kappa shape index (κ3) is 2.82. The number of fused-ring (bicyclic) bond motifs is 1. The average Bonchev–Trinajstić information content (AvgIpc) is 2.90. The van der Waals surface area contributed by atoms with Crippen LogP contribution in [-0.2, 0) is 19.1 Å². The molecule has 116 valence electrons. The smallest absolute Gasteiger partial charge is 0.321 e. The van der Waals surface area contributed by atoms with Crippen molar-refractivity contribution < 1.29 is 18.0 Å². The van der Waals surface area contributed by atoms with Crippen LogP contribution < -0.4 is 10.6 Å². The summed E-state index contributed by atoms with van der Waals surface area (Å²) >= 11 is 0. The van der Waals surface area contributed by atoms with Crippen LogP contribution in [0.2, 0.25) is 0 Å². The molecule has 1 aliphatic rings. The van der Waals surface area contributed by atoms with Crippen LogP contribution in [0.3, 0.4) is 0 Å². The van der Waals surface area contributed by atoms with Crippen molar-refractivity contribution in [3.05, 3.63) is 46.8 Å². The number of amides is 1. The first-order valence-electron chi connectivity index (χ1n) is 6.70. The number of benzene rings is 1. The van der Waals surface area contributed by atoms with Crippen LogP contribution in [0.1, 0.15) is 27.3 Å². The van der Waals surface area contributed by atoms with E-state index in [1.165, 1.54) is 12.1 Å².